The van der Waals surface area contributed by atoms with Crippen LogP contribution in [0.3, 0.4) is 0 Å². The van der Waals surface area contributed by atoms with Gasteiger partial charge in [0, 0.05) is 32.2 Å². The summed E-state index contributed by atoms with van der Waals surface area (Å²) in [4.78, 5) is 32.5. The quantitative estimate of drug-likeness (QED) is 0.804. The molecule has 0 bridgehead atoms. The highest BCUT2D eigenvalue weighted by Crippen LogP contribution is 2.23. The molecule has 8 nitrogen and oxygen atoms in total. The fourth-order valence-electron chi connectivity index (χ4n) is 3.52. The maximum Gasteiger partial charge on any atom is 0.332 e. The molecular formula is C18H26N6O2. The first kappa shape index (κ1) is 18.3. The molecule has 1 atom stereocenters. The number of aromatic nitrogens is 4. The van der Waals surface area contributed by atoms with E-state index in [0.717, 1.165) is 19.4 Å². The highest BCUT2D eigenvalue weighted by molar-refractivity contribution is 5.75. The number of rotatable bonds is 3. The molecule has 2 N–H and O–H groups in total. The Balaban J connectivity index is 2.33. The van der Waals surface area contributed by atoms with Crippen molar-refractivity contribution in [3.63, 3.8) is 0 Å². The van der Waals surface area contributed by atoms with Gasteiger partial charge < -0.3 is 10.6 Å². The number of nitrogens with zero attached hydrogens (tertiary/aromatic N) is 5. The zero-order valence-electron chi connectivity index (χ0n) is 15.8. The minimum Gasteiger partial charge on any atom is -0.341 e. The fourth-order valence-corrected chi connectivity index (χ4v) is 3.52. The summed E-state index contributed by atoms with van der Waals surface area (Å²) < 4.78 is 4.54. The molecule has 3 heterocycles. The van der Waals surface area contributed by atoms with Crippen LogP contribution in [-0.2, 0) is 13.6 Å². The fraction of sp³-hybridized carbons (Fsp3) is 0.611. The predicted molar refractivity (Wildman–Crippen MR) is 102 cm³/mol. The molecule has 0 radical (unpaired) electrons. The lowest BCUT2D eigenvalue weighted by Crippen LogP contribution is -2.44. The number of anilines is 1. The highest BCUT2D eigenvalue weighted by atomic mass is 16.2. The summed E-state index contributed by atoms with van der Waals surface area (Å²) in [6.07, 6.45) is 1.95. The third-order valence-corrected chi connectivity index (χ3v) is 4.83. The van der Waals surface area contributed by atoms with E-state index in [4.69, 9.17) is 5.73 Å². The third kappa shape index (κ3) is 2.92. The Morgan fingerprint density at radius 2 is 2.08 bits per heavy atom. The maximum atomic E-state index is 13.1. The standard InChI is InChI=1S/C18H26N6O2/c1-5-6-10-23-14-15(20-17(23)22-9-7-8-13(19)11-22)21(4)18(26)24(12(2)3)16(14)25/h12-13H,7-11,19H2,1-4H3/t13-/m1/s1. The molecular weight excluding hydrogens is 332 g/mol. The summed E-state index contributed by atoms with van der Waals surface area (Å²) in [5.74, 6) is 6.56. The van der Waals surface area contributed by atoms with Gasteiger partial charge in [-0.2, -0.15) is 4.98 Å². The van der Waals surface area contributed by atoms with E-state index in [0.29, 0.717) is 30.2 Å². The van der Waals surface area contributed by atoms with Crippen LogP contribution in [0.25, 0.3) is 11.2 Å². The predicted octanol–water partition coefficient (Wildman–Crippen LogP) is 0.428. The molecule has 1 saturated heterocycles. The largest absolute Gasteiger partial charge is 0.341 e. The summed E-state index contributed by atoms with van der Waals surface area (Å²) in [5.41, 5.74) is 6.26. The second-order valence-corrected chi connectivity index (χ2v) is 7.06. The summed E-state index contributed by atoms with van der Waals surface area (Å²) in [5, 5.41) is 0. The summed E-state index contributed by atoms with van der Waals surface area (Å²) in [6, 6.07) is -0.163. The minimum atomic E-state index is -0.356. The van der Waals surface area contributed by atoms with Gasteiger partial charge in [0.15, 0.2) is 11.2 Å². The van der Waals surface area contributed by atoms with E-state index in [-0.39, 0.29) is 23.3 Å². The Kier molecular flexibility index (Phi) is 4.92. The van der Waals surface area contributed by atoms with Gasteiger partial charge in [0.2, 0.25) is 5.95 Å². The molecule has 3 rings (SSSR count). The topological polar surface area (TPSA) is 91.1 Å². The molecule has 0 spiro atoms. The van der Waals surface area contributed by atoms with E-state index >= 15 is 0 Å². The Labute approximate surface area is 152 Å². The highest BCUT2D eigenvalue weighted by Gasteiger charge is 2.26. The second kappa shape index (κ2) is 7.00. The van der Waals surface area contributed by atoms with Gasteiger partial charge in [-0.25, -0.2) is 4.79 Å². The van der Waals surface area contributed by atoms with Crippen LogP contribution in [0.4, 0.5) is 5.95 Å². The smallest absolute Gasteiger partial charge is 0.332 e. The lowest BCUT2D eigenvalue weighted by Gasteiger charge is -2.31. The van der Waals surface area contributed by atoms with Crippen molar-refractivity contribution in [2.75, 3.05) is 18.0 Å². The average Bonchev–Trinajstić information content (AvgIpc) is 2.97. The van der Waals surface area contributed by atoms with Crippen molar-refractivity contribution in [3.8, 4) is 11.8 Å². The molecule has 0 amide bonds. The van der Waals surface area contributed by atoms with Crippen molar-refractivity contribution in [3.05, 3.63) is 20.8 Å². The van der Waals surface area contributed by atoms with Crippen LogP contribution >= 0.6 is 0 Å². The van der Waals surface area contributed by atoms with Crippen molar-refractivity contribution >= 4 is 17.1 Å². The Morgan fingerprint density at radius 3 is 2.69 bits per heavy atom. The van der Waals surface area contributed by atoms with Crippen LogP contribution in [0.5, 0.6) is 0 Å². The number of imidazole rings is 1. The van der Waals surface area contributed by atoms with Crippen LogP contribution in [0.1, 0.15) is 39.7 Å². The molecule has 0 unspecified atom stereocenters. The summed E-state index contributed by atoms with van der Waals surface area (Å²) >= 11 is 0. The SMILES string of the molecule is CC#CCn1c(N2CCC[C@@H](N)C2)nc2c1c(=O)n(C(C)C)c(=O)n2C. The van der Waals surface area contributed by atoms with E-state index < -0.39 is 0 Å². The molecule has 2 aromatic rings. The van der Waals surface area contributed by atoms with E-state index in [2.05, 4.69) is 21.7 Å². The van der Waals surface area contributed by atoms with Gasteiger partial charge in [-0.05, 0) is 33.6 Å². The van der Waals surface area contributed by atoms with Crippen molar-refractivity contribution in [1.29, 1.82) is 0 Å². The number of aryl methyl sites for hydroxylation is 1. The van der Waals surface area contributed by atoms with Crippen molar-refractivity contribution in [2.24, 2.45) is 12.8 Å². The van der Waals surface area contributed by atoms with Crippen LogP contribution < -0.4 is 21.9 Å². The number of hydrogen-bond donors (Lipinski definition) is 1. The Morgan fingerprint density at radius 1 is 1.35 bits per heavy atom. The molecule has 0 aliphatic carbocycles. The van der Waals surface area contributed by atoms with Gasteiger partial charge in [0.1, 0.15) is 0 Å². The molecule has 140 valence electrons. The zero-order valence-corrected chi connectivity index (χ0v) is 15.8. The number of nitrogens with two attached hydrogens (primary N) is 1. The molecule has 1 aliphatic heterocycles. The lowest BCUT2D eigenvalue weighted by molar-refractivity contribution is 0.496. The lowest BCUT2D eigenvalue weighted by atomic mass is 10.1. The van der Waals surface area contributed by atoms with Gasteiger partial charge in [-0.1, -0.05) is 5.92 Å². The van der Waals surface area contributed by atoms with Gasteiger partial charge in [0.25, 0.3) is 5.56 Å². The molecule has 26 heavy (non-hydrogen) atoms. The van der Waals surface area contributed by atoms with Gasteiger partial charge in [0.05, 0.1) is 6.54 Å². The molecule has 1 fully saturated rings. The first-order chi connectivity index (χ1) is 12.4. The van der Waals surface area contributed by atoms with Gasteiger partial charge in [-0.3, -0.25) is 18.5 Å². The van der Waals surface area contributed by atoms with E-state index in [1.165, 1.54) is 9.13 Å². The van der Waals surface area contributed by atoms with Crippen molar-refractivity contribution in [1.82, 2.24) is 18.7 Å². The van der Waals surface area contributed by atoms with Crippen LogP contribution in [0, 0.1) is 11.8 Å². The zero-order chi connectivity index (χ0) is 19.0. The summed E-state index contributed by atoms with van der Waals surface area (Å²) in [6.45, 7) is 7.26. The molecule has 8 heteroatoms. The second-order valence-electron chi connectivity index (χ2n) is 7.06. The van der Waals surface area contributed by atoms with Gasteiger partial charge >= 0.3 is 5.69 Å². The normalized spacial score (nSPS) is 17.6. The van der Waals surface area contributed by atoms with E-state index in [9.17, 15) is 9.59 Å². The van der Waals surface area contributed by atoms with Crippen LogP contribution in [0.2, 0.25) is 0 Å². The Bertz CT molecular complexity index is 1000. The maximum absolute atomic E-state index is 13.1. The molecule has 0 aromatic carbocycles. The van der Waals surface area contributed by atoms with E-state index in [1.54, 1.807) is 14.0 Å². The Hall–Kier alpha value is -2.53. The third-order valence-electron chi connectivity index (χ3n) is 4.83. The monoisotopic (exact) mass is 358 g/mol. The minimum absolute atomic E-state index is 0.0745. The molecule has 1 aliphatic rings. The van der Waals surface area contributed by atoms with Crippen LogP contribution in [0.15, 0.2) is 9.59 Å². The summed E-state index contributed by atoms with van der Waals surface area (Å²) in [7, 11) is 1.65. The van der Waals surface area contributed by atoms with Crippen molar-refractivity contribution in [2.45, 2.75) is 52.2 Å². The molecule has 0 saturated carbocycles. The van der Waals surface area contributed by atoms with Crippen LogP contribution in [-0.4, -0.2) is 37.8 Å². The number of piperidine rings is 1. The van der Waals surface area contributed by atoms with Gasteiger partial charge in [-0.15, -0.1) is 5.92 Å². The first-order valence-corrected chi connectivity index (χ1v) is 8.98. The van der Waals surface area contributed by atoms with E-state index in [1.807, 2.05) is 18.4 Å². The van der Waals surface area contributed by atoms with Crippen molar-refractivity contribution < 1.29 is 0 Å². The number of fused-ring (bicyclic) bond motifs is 1. The molecule has 2 aromatic heterocycles. The number of hydrogen-bond acceptors (Lipinski definition) is 5. The average molecular weight is 358 g/mol. The first-order valence-electron chi connectivity index (χ1n) is 8.98.